The first-order chi connectivity index (χ1) is 14.0. The number of anilines is 1. The minimum atomic E-state index is -0.896. The van der Waals surface area contributed by atoms with Crippen LogP contribution in [0.3, 0.4) is 0 Å². The Morgan fingerprint density at radius 3 is 2.52 bits per heavy atom. The van der Waals surface area contributed by atoms with Gasteiger partial charge < -0.3 is 16.2 Å². The second kappa shape index (κ2) is 6.69. The Balaban J connectivity index is 1.51. The van der Waals surface area contributed by atoms with Gasteiger partial charge in [-0.2, -0.15) is 0 Å². The van der Waals surface area contributed by atoms with E-state index >= 15 is 0 Å². The Bertz CT molecular complexity index is 1040. The molecule has 0 unspecified atom stereocenters. The lowest BCUT2D eigenvalue weighted by molar-refractivity contribution is -0.148. The molecule has 1 heterocycles. The first kappa shape index (κ1) is 18.4. The number of thiophene rings is 1. The molecule has 2 bridgehead atoms. The van der Waals surface area contributed by atoms with Gasteiger partial charge in [0.25, 0.3) is 5.91 Å². The Labute approximate surface area is 172 Å². The van der Waals surface area contributed by atoms with Crippen molar-refractivity contribution >= 4 is 34.1 Å². The van der Waals surface area contributed by atoms with Crippen molar-refractivity contribution in [3.05, 3.63) is 41.0 Å². The summed E-state index contributed by atoms with van der Waals surface area (Å²) < 4.78 is 0. The van der Waals surface area contributed by atoms with Gasteiger partial charge in [-0.1, -0.05) is 24.3 Å². The molecule has 0 aliphatic heterocycles. The summed E-state index contributed by atoms with van der Waals surface area (Å²) in [5.74, 6) is -2.74. The zero-order valence-corrected chi connectivity index (χ0v) is 16.6. The van der Waals surface area contributed by atoms with Crippen molar-refractivity contribution in [1.82, 2.24) is 0 Å². The van der Waals surface area contributed by atoms with E-state index in [0.29, 0.717) is 17.0 Å². The molecule has 7 heteroatoms. The van der Waals surface area contributed by atoms with Gasteiger partial charge in [0.1, 0.15) is 5.00 Å². The molecule has 150 valence electrons. The smallest absolute Gasteiger partial charge is 0.307 e. The average molecular weight is 410 g/mol. The van der Waals surface area contributed by atoms with Crippen LogP contribution in [-0.4, -0.2) is 22.9 Å². The highest BCUT2D eigenvalue weighted by Crippen LogP contribution is 2.53. The van der Waals surface area contributed by atoms with Gasteiger partial charge in [-0.05, 0) is 60.6 Å². The second-order valence-electron chi connectivity index (χ2n) is 8.35. The van der Waals surface area contributed by atoms with Crippen molar-refractivity contribution in [2.75, 3.05) is 5.32 Å². The number of carboxylic acids is 1. The molecule has 2 amide bonds. The van der Waals surface area contributed by atoms with Crippen LogP contribution < -0.4 is 11.1 Å². The highest BCUT2D eigenvalue weighted by atomic mass is 32.1. The molecule has 1 aromatic heterocycles. The average Bonchev–Trinajstić information content (AvgIpc) is 3.39. The number of aryl methyl sites for hydroxylation is 1. The van der Waals surface area contributed by atoms with Crippen LogP contribution in [0, 0.1) is 23.7 Å². The standard InChI is InChI=1S/C22H22N2O4S/c23-19(25)17-14-8-7-10-3-1-2-4-13(10)18(14)29-21(17)24-20(26)15-11-5-6-12(9-11)16(15)22(27)28/h1-4,11-12,15-16H,5-9H2,(H2,23,25)(H,24,26)(H,27,28)/t11-,12-,15+,16+/m0/s1. The summed E-state index contributed by atoms with van der Waals surface area (Å²) in [5, 5.41) is 13.0. The number of hydrogen-bond acceptors (Lipinski definition) is 4. The number of amides is 2. The minimum absolute atomic E-state index is 0.0762. The molecule has 5 rings (SSSR count). The van der Waals surface area contributed by atoms with E-state index < -0.39 is 23.7 Å². The van der Waals surface area contributed by atoms with E-state index in [-0.39, 0.29) is 17.7 Å². The third kappa shape index (κ3) is 2.79. The number of primary amides is 1. The van der Waals surface area contributed by atoms with Crippen molar-refractivity contribution in [2.24, 2.45) is 29.4 Å². The predicted molar refractivity (Wildman–Crippen MR) is 110 cm³/mol. The molecule has 2 fully saturated rings. The van der Waals surface area contributed by atoms with Crippen LogP contribution in [-0.2, 0) is 22.4 Å². The zero-order valence-electron chi connectivity index (χ0n) is 15.8. The highest BCUT2D eigenvalue weighted by Gasteiger charge is 2.54. The molecule has 6 nitrogen and oxygen atoms in total. The van der Waals surface area contributed by atoms with Crippen molar-refractivity contribution in [2.45, 2.75) is 32.1 Å². The van der Waals surface area contributed by atoms with Gasteiger partial charge in [-0.15, -0.1) is 11.3 Å². The molecular weight excluding hydrogens is 388 g/mol. The van der Waals surface area contributed by atoms with Gasteiger partial charge in [0.05, 0.1) is 17.4 Å². The van der Waals surface area contributed by atoms with Crippen molar-refractivity contribution < 1.29 is 19.5 Å². The molecule has 4 atom stereocenters. The fourth-order valence-corrected chi connectivity index (χ4v) is 7.03. The van der Waals surface area contributed by atoms with Crippen LogP contribution in [0.4, 0.5) is 5.00 Å². The number of carbonyl (C=O) groups is 3. The summed E-state index contributed by atoms with van der Waals surface area (Å²) >= 11 is 1.37. The van der Waals surface area contributed by atoms with Gasteiger partial charge >= 0.3 is 5.97 Å². The number of rotatable bonds is 4. The van der Waals surface area contributed by atoms with Gasteiger partial charge in [0.15, 0.2) is 0 Å². The predicted octanol–water partition coefficient (Wildman–Crippen LogP) is 3.30. The number of fused-ring (bicyclic) bond motifs is 5. The number of benzene rings is 1. The lowest BCUT2D eigenvalue weighted by Gasteiger charge is -2.26. The van der Waals surface area contributed by atoms with Crippen LogP contribution in [0.15, 0.2) is 24.3 Å². The van der Waals surface area contributed by atoms with Crippen LogP contribution in [0.25, 0.3) is 10.4 Å². The number of nitrogens with two attached hydrogens (primary N) is 1. The highest BCUT2D eigenvalue weighted by molar-refractivity contribution is 7.20. The Morgan fingerprint density at radius 2 is 1.79 bits per heavy atom. The minimum Gasteiger partial charge on any atom is -0.481 e. The van der Waals surface area contributed by atoms with Crippen molar-refractivity contribution in [3.63, 3.8) is 0 Å². The lowest BCUT2D eigenvalue weighted by Crippen LogP contribution is -2.38. The van der Waals surface area contributed by atoms with Gasteiger partial charge in [0.2, 0.25) is 5.91 Å². The maximum atomic E-state index is 13.1. The van der Waals surface area contributed by atoms with Gasteiger partial charge in [0, 0.05) is 4.88 Å². The number of aliphatic carboxylic acids is 1. The molecule has 0 saturated heterocycles. The lowest BCUT2D eigenvalue weighted by atomic mass is 9.78. The van der Waals surface area contributed by atoms with E-state index in [0.717, 1.165) is 41.7 Å². The third-order valence-corrected chi connectivity index (χ3v) is 8.08. The maximum absolute atomic E-state index is 13.1. The summed E-state index contributed by atoms with van der Waals surface area (Å²) in [6.45, 7) is 0. The molecule has 29 heavy (non-hydrogen) atoms. The van der Waals surface area contributed by atoms with Crippen molar-refractivity contribution in [3.8, 4) is 10.4 Å². The molecule has 3 aliphatic carbocycles. The van der Waals surface area contributed by atoms with E-state index in [1.54, 1.807) is 0 Å². The maximum Gasteiger partial charge on any atom is 0.307 e. The van der Waals surface area contributed by atoms with E-state index in [1.165, 1.54) is 16.9 Å². The van der Waals surface area contributed by atoms with Gasteiger partial charge in [-0.25, -0.2) is 0 Å². The Morgan fingerprint density at radius 1 is 1.07 bits per heavy atom. The van der Waals surface area contributed by atoms with E-state index in [1.807, 2.05) is 18.2 Å². The fraction of sp³-hybridized carbons (Fsp3) is 0.409. The SMILES string of the molecule is NC(=O)c1c(NC(=O)[C@@H]2[C@H]3CC[C@@H](C3)[C@H]2C(=O)O)sc2c1CCc1ccccc1-2. The van der Waals surface area contributed by atoms with Crippen LogP contribution in [0.5, 0.6) is 0 Å². The summed E-state index contributed by atoms with van der Waals surface area (Å²) in [7, 11) is 0. The number of carbonyl (C=O) groups excluding carboxylic acids is 2. The topological polar surface area (TPSA) is 109 Å². The van der Waals surface area contributed by atoms with Crippen LogP contribution in [0.2, 0.25) is 0 Å². The van der Waals surface area contributed by atoms with E-state index in [9.17, 15) is 19.5 Å². The largest absolute Gasteiger partial charge is 0.481 e. The number of nitrogens with one attached hydrogen (secondary N) is 1. The van der Waals surface area contributed by atoms with E-state index in [4.69, 9.17) is 5.73 Å². The molecule has 0 spiro atoms. The van der Waals surface area contributed by atoms with Crippen LogP contribution >= 0.6 is 11.3 Å². The summed E-state index contributed by atoms with van der Waals surface area (Å²) in [6.07, 6.45) is 4.08. The third-order valence-electron chi connectivity index (χ3n) is 6.90. The molecule has 2 aromatic rings. The number of carboxylic acid groups (broad SMARTS) is 1. The van der Waals surface area contributed by atoms with Crippen LogP contribution in [0.1, 0.15) is 40.7 Å². The molecular formula is C22H22N2O4S. The number of hydrogen-bond donors (Lipinski definition) is 3. The first-order valence-corrected chi connectivity index (χ1v) is 10.8. The Kier molecular flexibility index (Phi) is 4.24. The van der Waals surface area contributed by atoms with Crippen molar-refractivity contribution in [1.29, 1.82) is 0 Å². The summed E-state index contributed by atoms with van der Waals surface area (Å²) in [4.78, 5) is 38.1. The van der Waals surface area contributed by atoms with Gasteiger partial charge in [-0.3, -0.25) is 14.4 Å². The molecule has 2 saturated carbocycles. The molecule has 0 radical (unpaired) electrons. The monoisotopic (exact) mass is 410 g/mol. The molecule has 3 aliphatic rings. The van der Waals surface area contributed by atoms with E-state index in [2.05, 4.69) is 11.4 Å². The molecule has 1 aromatic carbocycles. The normalized spacial score (nSPS) is 26.6. The second-order valence-corrected chi connectivity index (χ2v) is 9.37. The fourth-order valence-electron chi connectivity index (χ4n) is 5.71. The quantitative estimate of drug-likeness (QED) is 0.718. The summed E-state index contributed by atoms with van der Waals surface area (Å²) in [6, 6.07) is 8.06. The molecule has 4 N–H and O–H groups in total. The Hall–Kier alpha value is -2.67. The zero-order chi connectivity index (χ0) is 20.3. The first-order valence-electron chi connectivity index (χ1n) is 10.0. The summed E-state index contributed by atoms with van der Waals surface area (Å²) in [5.41, 5.74) is 9.25.